The average Bonchev–Trinajstić information content (AvgIpc) is 3.32. The second-order valence-corrected chi connectivity index (χ2v) is 7.29. The molecule has 2 heterocycles. The Labute approximate surface area is 166 Å². The molecule has 1 N–H and O–H groups in total. The first-order chi connectivity index (χ1) is 13.6. The number of rotatable bonds is 5. The lowest BCUT2D eigenvalue weighted by Gasteiger charge is -2.01. The number of hydrogen-bond acceptors (Lipinski definition) is 6. The molecule has 0 unspecified atom stereocenters. The number of carbonyl (C=O) groups excluding carboxylic acids is 1. The third-order valence-electron chi connectivity index (χ3n) is 4.21. The summed E-state index contributed by atoms with van der Waals surface area (Å²) in [5.41, 5.74) is 2.68. The second kappa shape index (κ2) is 7.74. The van der Waals surface area contributed by atoms with Gasteiger partial charge in [0.1, 0.15) is 5.75 Å². The fourth-order valence-electron chi connectivity index (χ4n) is 2.80. The fourth-order valence-corrected chi connectivity index (χ4v) is 3.64. The molecule has 0 aliphatic carbocycles. The van der Waals surface area contributed by atoms with Crippen LogP contribution in [0.25, 0.3) is 17.3 Å². The predicted molar refractivity (Wildman–Crippen MR) is 109 cm³/mol. The highest BCUT2D eigenvalue weighted by Gasteiger charge is 2.13. The van der Waals surface area contributed by atoms with E-state index >= 15 is 0 Å². The molecule has 0 spiro atoms. The van der Waals surface area contributed by atoms with E-state index in [1.165, 1.54) is 17.4 Å². The van der Waals surface area contributed by atoms with E-state index in [-0.39, 0.29) is 12.7 Å². The van der Waals surface area contributed by atoms with Gasteiger partial charge in [-0.3, -0.25) is 10.1 Å². The number of aryl methyl sites for hydroxylation is 1. The van der Waals surface area contributed by atoms with Crippen molar-refractivity contribution in [1.82, 2.24) is 4.98 Å². The molecule has 6 nitrogen and oxygen atoms in total. The van der Waals surface area contributed by atoms with Gasteiger partial charge in [-0.15, -0.1) is 11.3 Å². The molecule has 1 amide bonds. The summed E-state index contributed by atoms with van der Waals surface area (Å²) in [5, 5.41) is 3.38. The Bertz CT molecular complexity index is 1040. The number of nitrogens with zero attached hydrogens (tertiary/aromatic N) is 1. The van der Waals surface area contributed by atoms with Gasteiger partial charge < -0.3 is 14.2 Å². The fraction of sp³-hybridized carbons (Fsp3) is 0.143. The van der Waals surface area contributed by atoms with Crippen LogP contribution in [-0.2, 0) is 4.79 Å². The van der Waals surface area contributed by atoms with Gasteiger partial charge in [0, 0.05) is 16.5 Å². The molecule has 0 saturated carbocycles. The van der Waals surface area contributed by atoms with Crippen molar-refractivity contribution in [3.05, 3.63) is 59.0 Å². The molecule has 1 aliphatic heterocycles. The molecule has 0 saturated heterocycles. The first kappa shape index (κ1) is 18.1. The topological polar surface area (TPSA) is 69.7 Å². The van der Waals surface area contributed by atoms with Gasteiger partial charge in [0.25, 0.3) is 0 Å². The van der Waals surface area contributed by atoms with E-state index < -0.39 is 0 Å². The number of nitrogens with one attached hydrogen (secondary N) is 1. The van der Waals surface area contributed by atoms with Crippen LogP contribution < -0.4 is 19.5 Å². The molecular weight excluding hydrogens is 376 g/mol. The number of amides is 1. The van der Waals surface area contributed by atoms with Crippen molar-refractivity contribution >= 4 is 28.5 Å². The van der Waals surface area contributed by atoms with Gasteiger partial charge in [-0.1, -0.05) is 6.07 Å². The standard InChI is InChI=1S/C21H18N2O4S/c1-13-20(15-5-7-16(25-2)8-6-15)23-21(28-13)22-19(24)10-4-14-3-9-17-18(11-14)27-12-26-17/h3-11H,12H2,1-2H3,(H,22,23,24)/b10-4+. The molecule has 4 rings (SSSR count). The van der Waals surface area contributed by atoms with Crippen LogP contribution in [0, 0.1) is 6.92 Å². The lowest BCUT2D eigenvalue weighted by atomic mass is 10.1. The monoisotopic (exact) mass is 394 g/mol. The first-order valence-electron chi connectivity index (χ1n) is 8.63. The number of hydrogen-bond donors (Lipinski definition) is 1. The maximum Gasteiger partial charge on any atom is 0.250 e. The number of thiazole rings is 1. The normalized spacial score (nSPS) is 12.4. The molecule has 0 radical (unpaired) electrons. The van der Waals surface area contributed by atoms with Crippen LogP contribution in [0.5, 0.6) is 17.2 Å². The minimum atomic E-state index is -0.243. The maximum absolute atomic E-state index is 12.3. The zero-order valence-electron chi connectivity index (χ0n) is 15.4. The molecule has 0 fully saturated rings. The summed E-state index contributed by atoms with van der Waals surface area (Å²) < 4.78 is 15.8. The molecule has 1 aromatic heterocycles. The van der Waals surface area contributed by atoms with E-state index in [4.69, 9.17) is 14.2 Å². The van der Waals surface area contributed by atoms with Crippen molar-refractivity contribution in [2.75, 3.05) is 19.2 Å². The molecule has 0 atom stereocenters. The summed E-state index contributed by atoms with van der Waals surface area (Å²) >= 11 is 1.44. The summed E-state index contributed by atoms with van der Waals surface area (Å²) in [6.45, 7) is 2.21. The SMILES string of the molecule is COc1ccc(-c2nc(NC(=O)/C=C/c3ccc4c(c3)OCO4)sc2C)cc1. The van der Waals surface area contributed by atoms with Crippen LogP contribution in [0.4, 0.5) is 5.13 Å². The van der Waals surface area contributed by atoms with E-state index in [1.807, 2.05) is 49.4 Å². The minimum absolute atomic E-state index is 0.225. The van der Waals surface area contributed by atoms with Crippen LogP contribution in [0.3, 0.4) is 0 Å². The van der Waals surface area contributed by atoms with Crippen molar-refractivity contribution < 1.29 is 19.0 Å². The largest absolute Gasteiger partial charge is 0.497 e. The average molecular weight is 394 g/mol. The Hall–Kier alpha value is -3.32. The first-order valence-corrected chi connectivity index (χ1v) is 9.44. The van der Waals surface area contributed by atoms with Crippen LogP contribution in [0.1, 0.15) is 10.4 Å². The van der Waals surface area contributed by atoms with Crippen LogP contribution in [-0.4, -0.2) is 24.8 Å². The highest BCUT2D eigenvalue weighted by atomic mass is 32.1. The van der Waals surface area contributed by atoms with Crippen molar-refractivity contribution in [1.29, 1.82) is 0 Å². The molecule has 142 valence electrons. The summed E-state index contributed by atoms with van der Waals surface area (Å²) in [6, 6.07) is 13.2. The van der Waals surface area contributed by atoms with E-state index in [0.29, 0.717) is 16.6 Å². The quantitative estimate of drug-likeness (QED) is 0.645. The summed E-state index contributed by atoms with van der Waals surface area (Å²) in [5.74, 6) is 1.94. The highest BCUT2D eigenvalue weighted by molar-refractivity contribution is 7.16. The minimum Gasteiger partial charge on any atom is -0.497 e. The molecule has 3 aromatic rings. The second-order valence-electron chi connectivity index (χ2n) is 6.09. The lowest BCUT2D eigenvalue weighted by Crippen LogP contribution is -2.07. The summed E-state index contributed by atoms with van der Waals surface area (Å²) in [6.07, 6.45) is 3.20. The Kier molecular flexibility index (Phi) is 4.99. The number of methoxy groups -OCH3 is 1. The van der Waals surface area contributed by atoms with Gasteiger partial charge in [-0.25, -0.2) is 4.98 Å². The Balaban J connectivity index is 1.44. The third-order valence-corrected chi connectivity index (χ3v) is 5.10. The predicted octanol–water partition coefficient (Wildman–Crippen LogP) is 4.51. The van der Waals surface area contributed by atoms with Crippen LogP contribution in [0.15, 0.2) is 48.5 Å². The van der Waals surface area contributed by atoms with Crippen LogP contribution >= 0.6 is 11.3 Å². The molecule has 28 heavy (non-hydrogen) atoms. The molecular formula is C21H18N2O4S. The smallest absolute Gasteiger partial charge is 0.250 e. The number of fused-ring (bicyclic) bond motifs is 1. The highest BCUT2D eigenvalue weighted by Crippen LogP contribution is 2.33. The molecule has 2 aromatic carbocycles. The number of ether oxygens (including phenoxy) is 3. The van der Waals surface area contributed by atoms with Gasteiger partial charge in [0.05, 0.1) is 12.8 Å². The lowest BCUT2D eigenvalue weighted by molar-refractivity contribution is -0.111. The number of aromatic nitrogens is 1. The number of benzene rings is 2. The molecule has 7 heteroatoms. The Morgan fingerprint density at radius 1 is 1.18 bits per heavy atom. The van der Waals surface area contributed by atoms with Crippen molar-refractivity contribution in [3.63, 3.8) is 0 Å². The van der Waals surface area contributed by atoms with Crippen molar-refractivity contribution in [2.24, 2.45) is 0 Å². The van der Waals surface area contributed by atoms with Gasteiger partial charge in [-0.05, 0) is 55.0 Å². The number of anilines is 1. The van der Waals surface area contributed by atoms with E-state index in [1.54, 1.807) is 13.2 Å². The van der Waals surface area contributed by atoms with Crippen molar-refractivity contribution in [3.8, 4) is 28.5 Å². The summed E-state index contributed by atoms with van der Waals surface area (Å²) in [7, 11) is 1.63. The third kappa shape index (κ3) is 3.84. The van der Waals surface area contributed by atoms with Gasteiger partial charge >= 0.3 is 0 Å². The van der Waals surface area contributed by atoms with Gasteiger partial charge in [0.2, 0.25) is 12.7 Å². The van der Waals surface area contributed by atoms with E-state index in [2.05, 4.69) is 10.3 Å². The van der Waals surface area contributed by atoms with Gasteiger partial charge in [-0.2, -0.15) is 0 Å². The molecule has 0 bridgehead atoms. The van der Waals surface area contributed by atoms with E-state index in [0.717, 1.165) is 27.4 Å². The van der Waals surface area contributed by atoms with Crippen molar-refractivity contribution in [2.45, 2.75) is 6.92 Å². The van der Waals surface area contributed by atoms with E-state index in [9.17, 15) is 4.79 Å². The molecule has 1 aliphatic rings. The summed E-state index contributed by atoms with van der Waals surface area (Å²) in [4.78, 5) is 17.8. The number of carbonyl (C=O) groups is 1. The zero-order chi connectivity index (χ0) is 19.5. The zero-order valence-corrected chi connectivity index (χ0v) is 16.2. The maximum atomic E-state index is 12.3. The van der Waals surface area contributed by atoms with Gasteiger partial charge in [0.15, 0.2) is 16.6 Å². The Morgan fingerprint density at radius 2 is 1.96 bits per heavy atom. The van der Waals surface area contributed by atoms with Crippen LogP contribution in [0.2, 0.25) is 0 Å². The Morgan fingerprint density at radius 3 is 2.75 bits per heavy atom.